The number of benzene rings is 2. The van der Waals surface area contributed by atoms with Crippen LogP contribution in [0.2, 0.25) is 0 Å². The minimum absolute atomic E-state index is 0.111. The highest BCUT2D eigenvalue weighted by molar-refractivity contribution is 5.92. The van der Waals surface area contributed by atoms with Crippen molar-refractivity contribution < 1.29 is 14.3 Å². The van der Waals surface area contributed by atoms with Crippen LogP contribution in [0.3, 0.4) is 0 Å². The fourth-order valence-electron chi connectivity index (χ4n) is 3.36. The molecule has 3 heterocycles. The standard InChI is InChI=1S/C23H20N6O3/c1-15-25-21(13-22(26-15)29-10-2-9-24-29)27-17-4-6-18(7-5-17)28-23(30)12-16-3-8-19-20(11-16)32-14-31-19/h2-11,13H,12,14H2,1H3,(H,28,30)(H,25,26,27). The molecule has 0 aliphatic carbocycles. The van der Waals surface area contributed by atoms with Crippen LogP contribution in [-0.2, 0) is 11.2 Å². The normalized spacial score (nSPS) is 11.9. The van der Waals surface area contributed by atoms with E-state index >= 15 is 0 Å². The highest BCUT2D eigenvalue weighted by atomic mass is 16.7. The number of rotatable bonds is 6. The summed E-state index contributed by atoms with van der Waals surface area (Å²) in [6.45, 7) is 2.04. The quantitative estimate of drug-likeness (QED) is 0.483. The van der Waals surface area contributed by atoms with Gasteiger partial charge in [-0.05, 0) is 55.0 Å². The molecule has 9 heteroatoms. The van der Waals surface area contributed by atoms with E-state index in [1.54, 1.807) is 10.9 Å². The van der Waals surface area contributed by atoms with Crippen LogP contribution in [-0.4, -0.2) is 32.4 Å². The Morgan fingerprint density at radius 3 is 2.66 bits per heavy atom. The Balaban J connectivity index is 1.22. The number of nitrogens with one attached hydrogen (secondary N) is 2. The van der Waals surface area contributed by atoms with Crippen LogP contribution in [0.4, 0.5) is 17.2 Å². The summed E-state index contributed by atoms with van der Waals surface area (Å²) in [5.74, 6) is 3.22. The van der Waals surface area contributed by atoms with E-state index in [-0.39, 0.29) is 19.1 Å². The number of fused-ring (bicyclic) bond motifs is 1. The highest BCUT2D eigenvalue weighted by Gasteiger charge is 2.14. The lowest BCUT2D eigenvalue weighted by atomic mass is 10.1. The van der Waals surface area contributed by atoms with Crippen molar-refractivity contribution in [2.45, 2.75) is 13.3 Å². The minimum Gasteiger partial charge on any atom is -0.454 e. The Bertz CT molecular complexity index is 1260. The average Bonchev–Trinajstić information content (AvgIpc) is 3.46. The maximum Gasteiger partial charge on any atom is 0.231 e. The molecule has 9 nitrogen and oxygen atoms in total. The molecule has 1 aliphatic rings. The Hall–Kier alpha value is -4.40. The van der Waals surface area contributed by atoms with Gasteiger partial charge in [-0.1, -0.05) is 6.07 Å². The van der Waals surface area contributed by atoms with E-state index in [0.717, 1.165) is 11.3 Å². The number of carbonyl (C=O) groups excluding carboxylic acids is 1. The van der Waals surface area contributed by atoms with E-state index in [4.69, 9.17) is 9.47 Å². The van der Waals surface area contributed by atoms with Gasteiger partial charge in [-0.15, -0.1) is 0 Å². The summed E-state index contributed by atoms with van der Waals surface area (Å²) in [6, 6.07) is 16.6. The third-order valence-corrected chi connectivity index (χ3v) is 4.81. The number of anilines is 3. The first kappa shape index (κ1) is 19.6. The monoisotopic (exact) mass is 428 g/mol. The average molecular weight is 428 g/mol. The Kier molecular flexibility index (Phi) is 5.12. The Morgan fingerprint density at radius 2 is 1.84 bits per heavy atom. The number of hydrogen-bond acceptors (Lipinski definition) is 7. The predicted molar refractivity (Wildman–Crippen MR) is 119 cm³/mol. The van der Waals surface area contributed by atoms with Crippen LogP contribution in [0.15, 0.2) is 67.0 Å². The summed E-state index contributed by atoms with van der Waals surface area (Å²) in [5.41, 5.74) is 2.40. The molecule has 5 rings (SSSR count). The minimum atomic E-state index is -0.111. The van der Waals surface area contributed by atoms with Crippen molar-refractivity contribution in [1.82, 2.24) is 19.7 Å². The van der Waals surface area contributed by atoms with Gasteiger partial charge in [0.25, 0.3) is 0 Å². The largest absolute Gasteiger partial charge is 0.454 e. The van der Waals surface area contributed by atoms with Crippen molar-refractivity contribution in [2.24, 2.45) is 0 Å². The van der Waals surface area contributed by atoms with Crippen LogP contribution in [0, 0.1) is 6.92 Å². The number of carbonyl (C=O) groups is 1. The van der Waals surface area contributed by atoms with Crippen molar-refractivity contribution in [1.29, 1.82) is 0 Å². The molecule has 0 saturated carbocycles. The van der Waals surface area contributed by atoms with E-state index in [2.05, 4.69) is 25.7 Å². The van der Waals surface area contributed by atoms with E-state index in [1.807, 2.05) is 67.7 Å². The summed E-state index contributed by atoms with van der Waals surface area (Å²) in [5, 5.41) is 10.4. The summed E-state index contributed by atoms with van der Waals surface area (Å²) in [6.07, 6.45) is 3.77. The number of aryl methyl sites for hydroxylation is 1. The molecule has 0 spiro atoms. The SMILES string of the molecule is Cc1nc(Nc2ccc(NC(=O)Cc3ccc4c(c3)OCO4)cc2)cc(-n2cccn2)n1. The van der Waals surface area contributed by atoms with Crippen LogP contribution < -0.4 is 20.1 Å². The third-order valence-electron chi connectivity index (χ3n) is 4.81. The van der Waals surface area contributed by atoms with Crippen molar-refractivity contribution in [3.05, 3.63) is 78.4 Å². The second kappa shape index (κ2) is 8.38. The van der Waals surface area contributed by atoms with Crippen LogP contribution in [0.5, 0.6) is 11.5 Å². The van der Waals surface area contributed by atoms with Gasteiger partial charge in [0.1, 0.15) is 11.6 Å². The third kappa shape index (κ3) is 4.36. The molecule has 1 amide bonds. The molecule has 1 aliphatic heterocycles. The van der Waals surface area contributed by atoms with Gasteiger partial charge in [-0.25, -0.2) is 14.6 Å². The number of hydrogen-bond donors (Lipinski definition) is 2. The molecule has 4 aromatic rings. The summed E-state index contributed by atoms with van der Waals surface area (Å²) in [7, 11) is 0. The second-order valence-electron chi connectivity index (χ2n) is 7.22. The topological polar surface area (TPSA) is 103 Å². The zero-order valence-electron chi connectivity index (χ0n) is 17.3. The molecule has 2 N–H and O–H groups in total. The second-order valence-corrected chi connectivity index (χ2v) is 7.22. The molecule has 160 valence electrons. The maximum atomic E-state index is 12.4. The van der Waals surface area contributed by atoms with Crippen molar-refractivity contribution in [2.75, 3.05) is 17.4 Å². The van der Waals surface area contributed by atoms with Crippen LogP contribution in [0.25, 0.3) is 5.82 Å². The smallest absolute Gasteiger partial charge is 0.231 e. The first-order valence-corrected chi connectivity index (χ1v) is 10.0. The van der Waals surface area contributed by atoms with Crippen molar-refractivity contribution >= 4 is 23.1 Å². The summed E-state index contributed by atoms with van der Waals surface area (Å²) >= 11 is 0. The summed E-state index contributed by atoms with van der Waals surface area (Å²) in [4.78, 5) is 21.3. The molecule has 0 atom stereocenters. The number of amides is 1. The fraction of sp³-hybridized carbons (Fsp3) is 0.130. The molecule has 2 aromatic heterocycles. The Morgan fingerprint density at radius 1 is 1.03 bits per heavy atom. The number of nitrogens with zero attached hydrogens (tertiary/aromatic N) is 4. The maximum absolute atomic E-state index is 12.4. The van der Waals surface area contributed by atoms with Gasteiger partial charge in [-0.3, -0.25) is 4.79 Å². The zero-order valence-corrected chi connectivity index (χ0v) is 17.3. The van der Waals surface area contributed by atoms with Gasteiger partial charge in [0.05, 0.1) is 6.42 Å². The lowest BCUT2D eigenvalue weighted by Gasteiger charge is -2.10. The van der Waals surface area contributed by atoms with Crippen LogP contribution in [0.1, 0.15) is 11.4 Å². The summed E-state index contributed by atoms with van der Waals surface area (Å²) < 4.78 is 12.3. The Labute approximate surface area is 184 Å². The molecule has 0 unspecified atom stereocenters. The fourth-order valence-corrected chi connectivity index (χ4v) is 3.36. The molecular formula is C23H20N6O3. The van der Waals surface area contributed by atoms with Crippen LogP contribution >= 0.6 is 0 Å². The molecule has 0 radical (unpaired) electrons. The molecule has 0 bridgehead atoms. The number of aromatic nitrogens is 4. The molecule has 0 fully saturated rings. The number of ether oxygens (including phenoxy) is 2. The first-order valence-electron chi connectivity index (χ1n) is 10.0. The van der Waals surface area contributed by atoms with E-state index in [9.17, 15) is 4.79 Å². The molecular weight excluding hydrogens is 408 g/mol. The van der Waals surface area contributed by atoms with Gasteiger partial charge in [0.15, 0.2) is 17.3 Å². The molecule has 2 aromatic carbocycles. The van der Waals surface area contributed by atoms with Gasteiger partial charge in [0, 0.05) is 29.8 Å². The lowest BCUT2D eigenvalue weighted by Crippen LogP contribution is -2.14. The molecule has 0 saturated heterocycles. The van der Waals surface area contributed by atoms with E-state index in [0.29, 0.717) is 34.6 Å². The lowest BCUT2D eigenvalue weighted by molar-refractivity contribution is -0.115. The van der Waals surface area contributed by atoms with Crippen molar-refractivity contribution in [3.8, 4) is 17.3 Å². The van der Waals surface area contributed by atoms with E-state index < -0.39 is 0 Å². The van der Waals surface area contributed by atoms with Gasteiger partial charge < -0.3 is 20.1 Å². The predicted octanol–water partition coefficient (Wildman–Crippen LogP) is 3.62. The van der Waals surface area contributed by atoms with E-state index in [1.165, 1.54) is 0 Å². The van der Waals surface area contributed by atoms with Gasteiger partial charge in [-0.2, -0.15) is 5.10 Å². The van der Waals surface area contributed by atoms with Gasteiger partial charge in [0.2, 0.25) is 12.7 Å². The van der Waals surface area contributed by atoms with Gasteiger partial charge >= 0.3 is 0 Å². The highest BCUT2D eigenvalue weighted by Crippen LogP contribution is 2.32. The first-order chi connectivity index (χ1) is 15.6. The van der Waals surface area contributed by atoms with Crippen molar-refractivity contribution in [3.63, 3.8) is 0 Å². The zero-order chi connectivity index (χ0) is 21.9. The molecule has 32 heavy (non-hydrogen) atoms.